The fourth-order valence-corrected chi connectivity index (χ4v) is 11.6. The maximum Gasteiger partial charge on any atom is 0.392 e. The van der Waals surface area contributed by atoms with E-state index >= 15 is 0 Å². The Labute approximate surface area is 272 Å². The van der Waals surface area contributed by atoms with Crippen LogP contribution in [0.2, 0.25) is 0 Å². The van der Waals surface area contributed by atoms with Gasteiger partial charge in [0, 0.05) is 24.2 Å². The summed E-state index contributed by atoms with van der Waals surface area (Å²) in [7, 11) is 2.25. The molecule has 1 saturated heterocycles. The van der Waals surface area contributed by atoms with Gasteiger partial charge < -0.3 is 20.5 Å². The number of rotatable bonds is 10. The van der Waals surface area contributed by atoms with Gasteiger partial charge in [-0.2, -0.15) is 13.2 Å². The molecule has 0 aromatic carbocycles. The van der Waals surface area contributed by atoms with Gasteiger partial charge in [0.05, 0.1) is 18.1 Å². The predicted molar refractivity (Wildman–Crippen MR) is 176 cm³/mol. The van der Waals surface area contributed by atoms with Crippen LogP contribution < -0.4 is 0 Å². The van der Waals surface area contributed by atoms with Crippen molar-refractivity contribution < 1.29 is 23.4 Å². The van der Waals surface area contributed by atoms with Crippen LogP contribution in [-0.2, 0) is 0 Å². The second kappa shape index (κ2) is 15.3. The van der Waals surface area contributed by atoms with Crippen LogP contribution in [0.3, 0.4) is 0 Å². The number of aliphatic hydroxyl groups is 2. The highest BCUT2D eigenvalue weighted by atomic mass is 19.4. The van der Waals surface area contributed by atoms with E-state index in [9.17, 15) is 23.4 Å². The van der Waals surface area contributed by atoms with Crippen molar-refractivity contribution in [3.8, 4) is 0 Å². The number of fused-ring (bicyclic) bond motifs is 1. The predicted octanol–water partition coefficient (Wildman–Crippen LogP) is 9.13. The van der Waals surface area contributed by atoms with E-state index in [0.29, 0.717) is 61.3 Å². The first-order chi connectivity index (χ1) is 21.4. The third-order valence-electron chi connectivity index (χ3n) is 14.2. The Hall–Kier alpha value is -0.660. The maximum absolute atomic E-state index is 14.5. The lowest BCUT2D eigenvalue weighted by Gasteiger charge is -2.45. The van der Waals surface area contributed by atoms with Gasteiger partial charge in [-0.1, -0.05) is 58.8 Å². The van der Waals surface area contributed by atoms with E-state index in [-0.39, 0.29) is 42.1 Å². The maximum atomic E-state index is 14.5. The van der Waals surface area contributed by atoms with Crippen molar-refractivity contribution in [1.29, 1.82) is 5.41 Å². The van der Waals surface area contributed by atoms with Crippen LogP contribution in [0.15, 0.2) is 0 Å². The van der Waals surface area contributed by atoms with Crippen LogP contribution in [0, 0.1) is 70.5 Å². The van der Waals surface area contributed by atoms with Gasteiger partial charge in [-0.3, -0.25) is 0 Å². The first kappa shape index (κ1) is 35.6. The zero-order chi connectivity index (χ0) is 32.5. The van der Waals surface area contributed by atoms with Crippen molar-refractivity contribution in [2.45, 2.75) is 154 Å². The molecule has 260 valence electrons. The smallest absolute Gasteiger partial charge is 0.392 e. The number of hydrogen-bond donors (Lipinski definition) is 3. The largest absolute Gasteiger partial charge is 0.393 e. The first-order valence-corrected chi connectivity index (χ1v) is 19.1. The Morgan fingerprint density at radius 3 is 2.33 bits per heavy atom. The standard InChI is InChI=1S/C38H65F3N2O2/c1-5-25-7-6-8-27(14-11-25)30-16-12-26(19-33(30)38(39,40)41)20-35(45)28-13-9-23(2)32(21-28)37-36-29(22-43(37)4)15-17-31(36)34(42)18-10-24(3)44/h23-33,35-37,42,44-45H,5-22H2,1-4H3. The van der Waals surface area contributed by atoms with Crippen molar-refractivity contribution in [1.82, 2.24) is 4.90 Å². The number of alkyl halides is 3. The van der Waals surface area contributed by atoms with Gasteiger partial charge in [-0.15, -0.1) is 0 Å². The summed E-state index contributed by atoms with van der Waals surface area (Å²) < 4.78 is 43.6. The lowest BCUT2D eigenvalue weighted by atomic mass is 9.63. The van der Waals surface area contributed by atoms with E-state index < -0.39 is 18.2 Å². The third kappa shape index (κ3) is 8.32. The van der Waals surface area contributed by atoms with E-state index in [1.165, 1.54) is 12.8 Å². The van der Waals surface area contributed by atoms with Crippen molar-refractivity contribution in [3.63, 3.8) is 0 Å². The van der Waals surface area contributed by atoms with Crippen LogP contribution in [0.4, 0.5) is 13.2 Å². The molecule has 0 aromatic heterocycles. The highest BCUT2D eigenvalue weighted by molar-refractivity contribution is 5.84. The van der Waals surface area contributed by atoms with Crippen LogP contribution in [0.1, 0.15) is 130 Å². The second-order valence-corrected chi connectivity index (χ2v) is 16.9. The summed E-state index contributed by atoms with van der Waals surface area (Å²) in [5, 5.41) is 30.4. The third-order valence-corrected chi connectivity index (χ3v) is 14.2. The van der Waals surface area contributed by atoms with Crippen LogP contribution in [-0.4, -0.2) is 58.8 Å². The molecule has 7 heteroatoms. The zero-order valence-electron chi connectivity index (χ0n) is 28.8. The first-order valence-electron chi connectivity index (χ1n) is 19.1. The molecular formula is C38H65F3N2O2. The van der Waals surface area contributed by atoms with E-state index in [1.807, 2.05) is 0 Å². The lowest BCUT2D eigenvalue weighted by molar-refractivity contribution is -0.208. The Morgan fingerprint density at radius 1 is 0.889 bits per heavy atom. The van der Waals surface area contributed by atoms with Crippen molar-refractivity contribution in [2.24, 2.45) is 65.1 Å². The quantitative estimate of drug-likeness (QED) is 0.165. The van der Waals surface area contributed by atoms with Gasteiger partial charge in [0.15, 0.2) is 0 Å². The summed E-state index contributed by atoms with van der Waals surface area (Å²) in [5.41, 5.74) is 0.813. The van der Waals surface area contributed by atoms with E-state index in [4.69, 9.17) is 5.41 Å². The lowest BCUT2D eigenvalue weighted by Crippen LogP contribution is -2.46. The number of hydrogen-bond acceptors (Lipinski definition) is 4. The average Bonchev–Trinajstić information content (AvgIpc) is 3.43. The summed E-state index contributed by atoms with van der Waals surface area (Å²) in [4.78, 5) is 2.55. The molecule has 0 aromatic rings. The number of nitrogens with zero attached hydrogens (tertiary/aromatic N) is 1. The Morgan fingerprint density at radius 2 is 1.62 bits per heavy atom. The van der Waals surface area contributed by atoms with Gasteiger partial charge >= 0.3 is 6.18 Å². The van der Waals surface area contributed by atoms with Gasteiger partial charge in [0.1, 0.15) is 0 Å². The van der Waals surface area contributed by atoms with Gasteiger partial charge in [0.2, 0.25) is 0 Å². The minimum Gasteiger partial charge on any atom is -0.393 e. The van der Waals surface area contributed by atoms with Gasteiger partial charge in [-0.05, 0) is 131 Å². The molecule has 5 fully saturated rings. The highest BCUT2D eigenvalue weighted by Crippen LogP contribution is 2.54. The summed E-state index contributed by atoms with van der Waals surface area (Å²) in [6.07, 6.45) is 10.1. The van der Waals surface area contributed by atoms with E-state index in [0.717, 1.165) is 76.5 Å². The summed E-state index contributed by atoms with van der Waals surface area (Å²) >= 11 is 0. The molecule has 3 N–H and O–H groups in total. The molecule has 45 heavy (non-hydrogen) atoms. The molecule has 4 aliphatic carbocycles. The fraction of sp³-hybridized carbons (Fsp3) is 0.974. The van der Waals surface area contributed by atoms with Crippen LogP contribution in [0.5, 0.6) is 0 Å². The van der Waals surface area contributed by atoms with Gasteiger partial charge in [0.25, 0.3) is 0 Å². The molecule has 14 atom stereocenters. The second-order valence-electron chi connectivity index (χ2n) is 16.9. The monoisotopic (exact) mass is 638 g/mol. The van der Waals surface area contributed by atoms with Crippen molar-refractivity contribution in [3.05, 3.63) is 0 Å². The number of halogens is 3. The summed E-state index contributed by atoms with van der Waals surface area (Å²) in [6.45, 7) is 7.47. The molecule has 0 spiro atoms. The molecule has 0 radical (unpaired) electrons. The normalized spacial score (nSPS) is 43.0. The molecule has 0 bridgehead atoms. The number of likely N-dealkylation sites (tertiary alicyclic amines) is 1. The summed E-state index contributed by atoms with van der Waals surface area (Å²) in [6, 6.07) is 0.399. The molecule has 14 unspecified atom stereocenters. The minimum atomic E-state index is -4.15. The minimum absolute atomic E-state index is 0.0398. The van der Waals surface area contributed by atoms with E-state index in [1.54, 1.807) is 6.92 Å². The topological polar surface area (TPSA) is 67.5 Å². The highest BCUT2D eigenvalue weighted by Gasteiger charge is 2.54. The fourth-order valence-electron chi connectivity index (χ4n) is 11.6. The zero-order valence-corrected chi connectivity index (χ0v) is 28.8. The number of nitrogens with one attached hydrogen (secondary N) is 1. The molecule has 4 nitrogen and oxygen atoms in total. The molecule has 4 saturated carbocycles. The Bertz CT molecular complexity index is 958. The molecule has 1 heterocycles. The van der Waals surface area contributed by atoms with Crippen LogP contribution in [0.25, 0.3) is 0 Å². The summed E-state index contributed by atoms with van der Waals surface area (Å²) in [5.74, 6) is 1.93. The average molecular weight is 639 g/mol. The van der Waals surface area contributed by atoms with E-state index in [2.05, 4.69) is 25.8 Å². The molecule has 5 rings (SSSR count). The van der Waals surface area contributed by atoms with Crippen LogP contribution >= 0.6 is 0 Å². The molecule has 0 amide bonds. The SMILES string of the molecule is CCC1CCCC(C2CCC(CC(O)C3CCC(C)C(C4C5C(CCC5C(=N)CCC(C)O)CN4C)C3)CC2C(F)(F)F)CC1. The molecular weight excluding hydrogens is 573 g/mol. The van der Waals surface area contributed by atoms with Crippen molar-refractivity contribution >= 4 is 5.71 Å². The van der Waals surface area contributed by atoms with Gasteiger partial charge in [-0.25, -0.2) is 0 Å². The van der Waals surface area contributed by atoms with Crippen molar-refractivity contribution in [2.75, 3.05) is 13.6 Å². The Kier molecular flexibility index (Phi) is 12.1. The number of aliphatic hydroxyl groups excluding tert-OH is 2. The Balaban J connectivity index is 1.21. The molecule has 1 aliphatic heterocycles. The molecule has 5 aliphatic rings.